The van der Waals surface area contributed by atoms with Crippen LogP contribution in [0.4, 0.5) is 0 Å². The molecule has 0 spiro atoms. The number of halogens is 1. The molecule has 0 fully saturated rings. The van der Waals surface area contributed by atoms with Crippen LogP contribution < -0.4 is 4.80 Å². The summed E-state index contributed by atoms with van der Waals surface area (Å²) in [5.74, 6) is -0.438. The number of benzene rings is 3. The van der Waals surface area contributed by atoms with Gasteiger partial charge in [0, 0.05) is 30.7 Å². The molecule has 176 valence electrons. The number of sulfonamides is 1. The van der Waals surface area contributed by atoms with Gasteiger partial charge in [-0.1, -0.05) is 60.2 Å². The first-order valence-electron chi connectivity index (χ1n) is 10.7. The highest BCUT2D eigenvalue weighted by molar-refractivity contribution is 7.89. The molecule has 0 atom stereocenters. The summed E-state index contributed by atoms with van der Waals surface area (Å²) in [4.78, 5) is 17.8. The van der Waals surface area contributed by atoms with Gasteiger partial charge in [0.25, 0.3) is 5.91 Å². The molecule has 0 saturated carbocycles. The molecule has 0 bridgehead atoms. The molecule has 1 amide bonds. The minimum absolute atomic E-state index is 0.138. The van der Waals surface area contributed by atoms with Crippen molar-refractivity contribution in [2.45, 2.75) is 25.3 Å². The maximum atomic E-state index is 13.1. The Hall–Kier alpha value is -2.78. The normalized spacial score (nSPS) is 12.6. The number of carbonyl (C=O) groups excluding carboxylic acids is 1. The Morgan fingerprint density at radius 2 is 1.76 bits per heavy atom. The van der Waals surface area contributed by atoms with Crippen molar-refractivity contribution in [1.29, 1.82) is 0 Å². The predicted octanol–water partition coefficient (Wildman–Crippen LogP) is 5.15. The van der Waals surface area contributed by atoms with Crippen molar-refractivity contribution in [3.05, 3.63) is 93.2 Å². The van der Waals surface area contributed by atoms with Crippen molar-refractivity contribution >= 4 is 49.1 Å². The molecule has 0 N–H and O–H groups in total. The van der Waals surface area contributed by atoms with Gasteiger partial charge in [0.15, 0.2) is 4.80 Å². The molecule has 9 heteroatoms. The van der Waals surface area contributed by atoms with Gasteiger partial charge in [-0.05, 0) is 54.4 Å². The fraction of sp³-hybridized carbons (Fsp3) is 0.200. The third-order valence-electron chi connectivity index (χ3n) is 5.54. The zero-order valence-corrected chi connectivity index (χ0v) is 21.4. The highest BCUT2D eigenvalue weighted by atomic mass is 35.5. The maximum Gasteiger partial charge on any atom is 0.279 e. The Balaban J connectivity index is 1.61. The van der Waals surface area contributed by atoms with Crippen LogP contribution in [0.15, 0.2) is 76.6 Å². The first kappa shape index (κ1) is 24.3. The van der Waals surface area contributed by atoms with Gasteiger partial charge in [0.1, 0.15) is 0 Å². The van der Waals surface area contributed by atoms with Crippen molar-refractivity contribution in [2.24, 2.45) is 12.0 Å². The Morgan fingerprint density at radius 1 is 1.09 bits per heavy atom. The zero-order valence-electron chi connectivity index (χ0n) is 19.0. The van der Waals surface area contributed by atoms with Crippen LogP contribution >= 0.6 is 22.9 Å². The third-order valence-corrected chi connectivity index (χ3v) is 8.78. The van der Waals surface area contributed by atoms with E-state index in [1.165, 1.54) is 39.9 Å². The quantitative estimate of drug-likeness (QED) is 0.358. The Morgan fingerprint density at radius 3 is 2.41 bits per heavy atom. The number of rotatable bonds is 6. The van der Waals surface area contributed by atoms with E-state index in [4.69, 9.17) is 11.6 Å². The minimum atomic E-state index is -3.71. The largest absolute Gasteiger partial charge is 0.319 e. The van der Waals surface area contributed by atoms with E-state index in [2.05, 4.69) is 4.99 Å². The average Bonchev–Trinajstić information content (AvgIpc) is 3.12. The van der Waals surface area contributed by atoms with Crippen molar-refractivity contribution in [3.8, 4) is 0 Å². The van der Waals surface area contributed by atoms with Crippen LogP contribution in [-0.2, 0) is 23.6 Å². The summed E-state index contributed by atoms with van der Waals surface area (Å²) in [6, 6.07) is 19.1. The van der Waals surface area contributed by atoms with E-state index in [-0.39, 0.29) is 11.4 Å². The van der Waals surface area contributed by atoms with E-state index in [9.17, 15) is 13.2 Å². The average molecular weight is 514 g/mol. The molecule has 1 heterocycles. The summed E-state index contributed by atoms with van der Waals surface area (Å²) in [6.07, 6.45) is 0. The van der Waals surface area contributed by atoms with E-state index in [1.807, 2.05) is 61.0 Å². The number of nitrogens with zero attached hydrogens (tertiary/aromatic N) is 3. The molecule has 0 aliphatic rings. The lowest BCUT2D eigenvalue weighted by atomic mass is 10.2. The summed E-state index contributed by atoms with van der Waals surface area (Å²) >= 11 is 7.54. The molecule has 1 aromatic heterocycles. The van der Waals surface area contributed by atoms with E-state index < -0.39 is 15.9 Å². The van der Waals surface area contributed by atoms with Crippen LogP contribution in [-0.4, -0.2) is 29.7 Å². The standard InChI is InChI=1S/C25H24ClN3O3S2/c1-4-29(16-18-8-6-5-7-9-18)34(31,32)21-12-10-19(11-13-21)24(30)27-25-28(3)23-17(2)14-20(26)15-22(23)33-25/h5-15H,4,16H2,1-3H3. The van der Waals surface area contributed by atoms with Gasteiger partial charge >= 0.3 is 0 Å². The summed E-state index contributed by atoms with van der Waals surface area (Å²) in [7, 11) is -1.85. The van der Waals surface area contributed by atoms with Crippen molar-refractivity contribution in [2.75, 3.05) is 6.54 Å². The number of hydrogen-bond acceptors (Lipinski definition) is 4. The highest BCUT2D eigenvalue weighted by Crippen LogP contribution is 2.25. The number of carbonyl (C=O) groups is 1. The SMILES string of the molecule is CCN(Cc1ccccc1)S(=O)(=O)c1ccc(C(=O)N=c2sc3cc(Cl)cc(C)c3n2C)cc1. The monoisotopic (exact) mass is 513 g/mol. The molecule has 0 radical (unpaired) electrons. The second kappa shape index (κ2) is 9.84. The van der Waals surface area contributed by atoms with Gasteiger partial charge in [-0.25, -0.2) is 8.42 Å². The van der Waals surface area contributed by atoms with Crippen LogP contribution in [0.1, 0.15) is 28.4 Å². The van der Waals surface area contributed by atoms with Gasteiger partial charge in [-0.2, -0.15) is 9.30 Å². The van der Waals surface area contributed by atoms with Gasteiger partial charge in [-0.15, -0.1) is 0 Å². The fourth-order valence-electron chi connectivity index (χ4n) is 3.80. The Kier molecular flexibility index (Phi) is 7.04. The molecule has 0 unspecified atom stereocenters. The number of fused-ring (bicyclic) bond motifs is 1. The number of hydrogen-bond donors (Lipinski definition) is 0. The van der Waals surface area contributed by atoms with Crippen LogP contribution in [0.3, 0.4) is 0 Å². The van der Waals surface area contributed by atoms with Crippen LogP contribution in [0.5, 0.6) is 0 Å². The summed E-state index contributed by atoms with van der Waals surface area (Å²) in [5, 5.41) is 0.634. The van der Waals surface area contributed by atoms with Crippen LogP contribution in [0.25, 0.3) is 10.2 Å². The summed E-state index contributed by atoms with van der Waals surface area (Å²) in [6.45, 7) is 4.38. The number of aromatic nitrogens is 1. The molecule has 3 aromatic carbocycles. The van der Waals surface area contributed by atoms with Crippen LogP contribution in [0.2, 0.25) is 5.02 Å². The van der Waals surface area contributed by atoms with Crippen molar-refractivity contribution in [3.63, 3.8) is 0 Å². The van der Waals surface area contributed by atoms with Gasteiger partial charge < -0.3 is 4.57 Å². The second-order valence-electron chi connectivity index (χ2n) is 7.87. The molecule has 4 rings (SSSR count). The highest BCUT2D eigenvalue weighted by Gasteiger charge is 2.23. The predicted molar refractivity (Wildman–Crippen MR) is 137 cm³/mol. The van der Waals surface area contributed by atoms with Gasteiger partial charge in [0.2, 0.25) is 10.0 Å². The van der Waals surface area contributed by atoms with E-state index in [1.54, 1.807) is 6.92 Å². The maximum absolute atomic E-state index is 13.1. The van der Waals surface area contributed by atoms with E-state index in [0.29, 0.717) is 21.9 Å². The molecule has 6 nitrogen and oxygen atoms in total. The fourth-order valence-corrected chi connectivity index (χ4v) is 6.70. The molecular formula is C25H24ClN3O3S2. The molecular weight excluding hydrogens is 490 g/mol. The molecule has 0 aliphatic carbocycles. The van der Waals surface area contributed by atoms with E-state index >= 15 is 0 Å². The molecule has 0 aliphatic heterocycles. The van der Waals surface area contributed by atoms with Gasteiger partial charge in [-0.3, -0.25) is 4.79 Å². The van der Waals surface area contributed by atoms with E-state index in [0.717, 1.165) is 21.3 Å². The van der Waals surface area contributed by atoms with Crippen LogP contribution in [0, 0.1) is 6.92 Å². The third kappa shape index (κ3) is 4.86. The van der Waals surface area contributed by atoms with Crippen molar-refractivity contribution in [1.82, 2.24) is 8.87 Å². The first-order chi connectivity index (χ1) is 16.2. The summed E-state index contributed by atoms with van der Waals surface area (Å²) < 4.78 is 30.5. The number of thiazole rings is 1. The van der Waals surface area contributed by atoms with Crippen molar-refractivity contribution < 1.29 is 13.2 Å². The lowest BCUT2D eigenvalue weighted by Gasteiger charge is -2.20. The second-order valence-corrected chi connectivity index (χ2v) is 11.3. The lowest BCUT2D eigenvalue weighted by molar-refractivity contribution is 0.0998. The lowest BCUT2D eigenvalue weighted by Crippen LogP contribution is -2.30. The smallest absolute Gasteiger partial charge is 0.279 e. The zero-order chi connectivity index (χ0) is 24.5. The molecule has 4 aromatic rings. The summed E-state index contributed by atoms with van der Waals surface area (Å²) in [5.41, 5.74) is 3.20. The van der Waals surface area contributed by atoms with Gasteiger partial charge in [0.05, 0.1) is 15.1 Å². The Labute approximate surface area is 207 Å². The molecule has 0 saturated heterocycles. The Bertz CT molecular complexity index is 1520. The number of amides is 1. The first-order valence-corrected chi connectivity index (χ1v) is 13.3. The topological polar surface area (TPSA) is 71.7 Å². The molecule has 34 heavy (non-hydrogen) atoms. The minimum Gasteiger partial charge on any atom is -0.319 e. The number of aryl methyl sites for hydroxylation is 2.